The first-order valence-corrected chi connectivity index (χ1v) is 6.92. The Kier molecular flexibility index (Phi) is 4.47. The standard InChI is InChI=1S/C14H15BrFN3/c1-3-5-13-17-12(15)9-14(18-13)19(2)11-7-4-6-10(16)8-11/h4,6-9H,3,5H2,1-2H3. The van der Waals surface area contributed by atoms with Crippen molar-refractivity contribution >= 4 is 27.4 Å². The van der Waals surface area contributed by atoms with Crippen LogP contribution >= 0.6 is 15.9 Å². The zero-order valence-corrected chi connectivity index (χ0v) is 12.5. The third-order valence-corrected chi connectivity index (χ3v) is 3.15. The first kappa shape index (κ1) is 13.9. The predicted molar refractivity (Wildman–Crippen MR) is 78.2 cm³/mol. The molecule has 0 N–H and O–H groups in total. The molecule has 3 nitrogen and oxygen atoms in total. The van der Waals surface area contributed by atoms with Crippen LogP contribution in [0.15, 0.2) is 34.9 Å². The highest BCUT2D eigenvalue weighted by Crippen LogP contribution is 2.24. The third-order valence-electron chi connectivity index (χ3n) is 2.74. The van der Waals surface area contributed by atoms with Gasteiger partial charge in [0, 0.05) is 25.2 Å². The van der Waals surface area contributed by atoms with Gasteiger partial charge in [-0.25, -0.2) is 14.4 Å². The van der Waals surface area contributed by atoms with Crippen molar-refractivity contribution in [2.24, 2.45) is 0 Å². The van der Waals surface area contributed by atoms with Crippen LogP contribution in [0, 0.1) is 5.82 Å². The highest BCUT2D eigenvalue weighted by molar-refractivity contribution is 9.10. The van der Waals surface area contributed by atoms with Gasteiger partial charge in [-0.2, -0.15) is 0 Å². The Morgan fingerprint density at radius 1 is 1.26 bits per heavy atom. The molecule has 1 heterocycles. The van der Waals surface area contributed by atoms with Gasteiger partial charge in [0.05, 0.1) is 0 Å². The average Bonchev–Trinajstić information content (AvgIpc) is 2.37. The van der Waals surface area contributed by atoms with Gasteiger partial charge < -0.3 is 4.90 Å². The number of aromatic nitrogens is 2. The summed E-state index contributed by atoms with van der Waals surface area (Å²) in [5, 5.41) is 0. The van der Waals surface area contributed by atoms with E-state index in [0.717, 1.165) is 34.8 Å². The average molecular weight is 324 g/mol. The maximum atomic E-state index is 13.3. The quantitative estimate of drug-likeness (QED) is 0.793. The van der Waals surface area contributed by atoms with Gasteiger partial charge in [-0.15, -0.1) is 0 Å². The Morgan fingerprint density at radius 3 is 2.74 bits per heavy atom. The smallest absolute Gasteiger partial charge is 0.137 e. The molecule has 19 heavy (non-hydrogen) atoms. The summed E-state index contributed by atoms with van der Waals surface area (Å²) < 4.78 is 14.0. The summed E-state index contributed by atoms with van der Waals surface area (Å²) in [5.74, 6) is 1.28. The summed E-state index contributed by atoms with van der Waals surface area (Å²) in [6.45, 7) is 2.08. The second-order valence-electron chi connectivity index (χ2n) is 4.25. The molecule has 0 saturated carbocycles. The lowest BCUT2D eigenvalue weighted by Gasteiger charge is -2.19. The molecule has 1 aromatic heterocycles. The highest BCUT2D eigenvalue weighted by atomic mass is 79.9. The lowest BCUT2D eigenvalue weighted by Crippen LogP contribution is -2.13. The number of hydrogen-bond acceptors (Lipinski definition) is 3. The highest BCUT2D eigenvalue weighted by Gasteiger charge is 2.09. The third kappa shape index (κ3) is 3.50. The van der Waals surface area contributed by atoms with Gasteiger partial charge in [0.15, 0.2) is 0 Å². The lowest BCUT2D eigenvalue weighted by molar-refractivity contribution is 0.628. The van der Waals surface area contributed by atoms with Crippen molar-refractivity contribution < 1.29 is 4.39 Å². The molecule has 100 valence electrons. The fourth-order valence-corrected chi connectivity index (χ4v) is 2.19. The summed E-state index contributed by atoms with van der Waals surface area (Å²) in [5.41, 5.74) is 0.757. The van der Waals surface area contributed by atoms with Crippen molar-refractivity contribution in [1.82, 2.24) is 9.97 Å². The number of rotatable bonds is 4. The van der Waals surface area contributed by atoms with Crippen LogP contribution in [-0.4, -0.2) is 17.0 Å². The Hall–Kier alpha value is -1.49. The van der Waals surface area contributed by atoms with E-state index in [9.17, 15) is 4.39 Å². The van der Waals surface area contributed by atoms with Crippen LogP contribution in [0.3, 0.4) is 0 Å². The lowest BCUT2D eigenvalue weighted by atomic mass is 10.3. The molecule has 0 fully saturated rings. The van der Waals surface area contributed by atoms with E-state index in [1.165, 1.54) is 12.1 Å². The summed E-state index contributed by atoms with van der Waals surface area (Å²) in [4.78, 5) is 10.7. The Labute approximate surface area is 120 Å². The number of aryl methyl sites for hydroxylation is 1. The van der Waals surface area contributed by atoms with Gasteiger partial charge >= 0.3 is 0 Å². The number of halogens is 2. The first-order valence-electron chi connectivity index (χ1n) is 6.13. The first-order chi connectivity index (χ1) is 9.10. The fourth-order valence-electron chi connectivity index (χ4n) is 1.78. The van der Waals surface area contributed by atoms with Crippen LogP contribution in [0.4, 0.5) is 15.9 Å². The van der Waals surface area contributed by atoms with E-state index < -0.39 is 0 Å². The minimum atomic E-state index is -0.258. The number of nitrogens with zero attached hydrogens (tertiary/aromatic N) is 3. The molecular formula is C14H15BrFN3. The molecule has 0 amide bonds. The molecule has 1 aromatic carbocycles. The summed E-state index contributed by atoms with van der Waals surface area (Å²) in [6.07, 6.45) is 1.81. The van der Waals surface area contributed by atoms with E-state index in [0.29, 0.717) is 0 Å². The van der Waals surface area contributed by atoms with Gasteiger partial charge in [-0.05, 0) is 40.5 Å². The molecule has 0 saturated heterocycles. The fraction of sp³-hybridized carbons (Fsp3) is 0.286. The molecule has 0 bridgehead atoms. The van der Waals surface area contributed by atoms with Crippen LogP contribution < -0.4 is 4.90 Å². The molecule has 0 aliphatic heterocycles. The minimum Gasteiger partial charge on any atom is -0.329 e. The topological polar surface area (TPSA) is 29.0 Å². The molecular weight excluding hydrogens is 309 g/mol. The van der Waals surface area contributed by atoms with Crippen molar-refractivity contribution in [3.63, 3.8) is 0 Å². The van der Waals surface area contributed by atoms with E-state index in [-0.39, 0.29) is 5.82 Å². The molecule has 0 atom stereocenters. The molecule has 5 heteroatoms. The maximum absolute atomic E-state index is 13.3. The van der Waals surface area contributed by atoms with Crippen molar-refractivity contribution in [2.75, 3.05) is 11.9 Å². The van der Waals surface area contributed by atoms with Gasteiger partial charge in [0.1, 0.15) is 22.1 Å². The van der Waals surface area contributed by atoms with Crippen molar-refractivity contribution in [3.05, 3.63) is 46.6 Å². The molecule has 0 aliphatic rings. The molecule has 0 unspecified atom stereocenters. The van der Waals surface area contributed by atoms with Gasteiger partial charge in [0.25, 0.3) is 0 Å². The van der Waals surface area contributed by atoms with E-state index in [1.807, 2.05) is 24.1 Å². The Morgan fingerprint density at radius 2 is 2.05 bits per heavy atom. The van der Waals surface area contributed by atoms with E-state index in [1.54, 1.807) is 6.07 Å². The van der Waals surface area contributed by atoms with E-state index in [4.69, 9.17) is 0 Å². The van der Waals surface area contributed by atoms with Crippen LogP contribution in [0.25, 0.3) is 0 Å². The van der Waals surface area contributed by atoms with Gasteiger partial charge in [0.2, 0.25) is 0 Å². The summed E-state index contributed by atoms with van der Waals surface area (Å²) >= 11 is 3.39. The largest absolute Gasteiger partial charge is 0.329 e. The second kappa shape index (κ2) is 6.10. The number of hydrogen-bond donors (Lipinski definition) is 0. The van der Waals surface area contributed by atoms with Gasteiger partial charge in [-0.3, -0.25) is 0 Å². The molecule has 0 aliphatic carbocycles. The van der Waals surface area contributed by atoms with Crippen LogP contribution in [-0.2, 0) is 6.42 Å². The SMILES string of the molecule is CCCc1nc(Br)cc(N(C)c2cccc(F)c2)n1. The molecule has 0 spiro atoms. The maximum Gasteiger partial charge on any atom is 0.137 e. The predicted octanol–water partition coefficient (Wildman–Crippen LogP) is 4.10. The van der Waals surface area contributed by atoms with Crippen LogP contribution in [0.2, 0.25) is 0 Å². The molecule has 0 radical (unpaired) electrons. The van der Waals surface area contributed by atoms with Crippen molar-refractivity contribution in [2.45, 2.75) is 19.8 Å². The normalized spacial score (nSPS) is 10.5. The molecule has 2 aromatic rings. The zero-order chi connectivity index (χ0) is 13.8. The second-order valence-corrected chi connectivity index (χ2v) is 5.07. The van der Waals surface area contributed by atoms with Crippen molar-refractivity contribution in [3.8, 4) is 0 Å². The van der Waals surface area contributed by atoms with E-state index >= 15 is 0 Å². The summed E-state index contributed by atoms with van der Waals surface area (Å²) in [6, 6.07) is 8.26. The monoisotopic (exact) mass is 323 g/mol. The summed E-state index contributed by atoms with van der Waals surface area (Å²) in [7, 11) is 1.86. The molecule has 2 rings (SSSR count). The number of benzene rings is 1. The Bertz CT molecular complexity index is 574. The van der Waals surface area contributed by atoms with Crippen molar-refractivity contribution in [1.29, 1.82) is 0 Å². The zero-order valence-electron chi connectivity index (χ0n) is 10.9. The Balaban J connectivity index is 2.35. The van der Waals surface area contributed by atoms with Gasteiger partial charge in [-0.1, -0.05) is 13.0 Å². The van der Waals surface area contributed by atoms with E-state index in [2.05, 4.69) is 32.8 Å². The minimum absolute atomic E-state index is 0.258. The van der Waals surface area contributed by atoms with Crippen LogP contribution in [0.5, 0.6) is 0 Å². The number of anilines is 2. The van der Waals surface area contributed by atoms with Crippen LogP contribution in [0.1, 0.15) is 19.2 Å².